The first-order chi connectivity index (χ1) is 21.3. The third-order valence-electron chi connectivity index (χ3n) is 9.80. The van der Waals surface area contributed by atoms with Gasteiger partial charge in [0.2, 0.25) is 0 Å². The summed E-state index contributed by atoms with van der Waals surface area (Å²) in [5.74, 6) is 0. The van der Waals surface area contributed by atoms with Crippen molar-refractivity contribution in [3.8, 4) is 0 Å². The number of thiophene rings is 1. The van der Waals surface area contributed by atoms with E-state index in [1.165, 1.54) is 101 Å². The van der Waals surface area contributed by atoms with Gasteiger partial charge in [-0.15, -0.1) is 11.3 Å². The Hall–Kier alpha value is -5.31. The lowest BCUT2D eigenvalue weighted by molar-refractivity contribution is 1.43. The number of fused-ring (bicyclic) bond motifs is 15. The molecule has 0 aliphatic heterocycles. The Morgan fingerprint density at radius 2 is 0.977 bits per heavy atom. The molecule has 0 radical (unpaired) electrons. The molecule has 0 saturated heterocycles. The van der Waals surface area contributed by atoms with Gasteiger partial charge in [-0.1, -0.05) is 103 Å². The highest BCUT2D eigenvalue weighted by molar-refractivity contribution is 7.27. The molecule has 0 N–H and O–H groups in total. The highest BCUT2D eigenvalue weighted by atomic mass is 32.1. The second kappa shape index (κ2) is 7.74. The van der Waals surface area contributed by atoms with Crippen LogP contribution in [0.3, 0.4) is 0 Å². The predicted molar refractivity (Wildman–Crippen MR) is 188 cm³/mol. The summed E-state index contributed by atoms with van der Waals surface area (Å²) < 4.78 is 2.75. The lowest BCUT2D eigenvalue weighted by Crippen LogP contribution is -1.88. The van der Waals surface area contributed by atoms with E-state index in [1.807, 2.05) is 17.5 Å². The van der Waals surface area contributed by atoms with Gasteiger partial charge in [-0.25, -0.2) is 0 Å². The molecule has 0 aliphatic carbocycles. The van der Waals surface area contributed by atoms with Crippen LogP contribution >= 0.6 is 11.3 Å². The maximum atomic E-state index is 4.75. The zero-order valence-electron chi connectivity index (χ0n) is 23.0. The average Bonchev–Trinajstić information content (AvgIpc) is 3.47. The molecule has 11 aromatic rings. The van der Waals surface area contributed by atoms with Crippen LogP contribution in [-0.2, 0) is 0 Å². The molecule has 196 valence electrons. The smallest absolute Gasteiger partial charge is 0.0714 e. The van der Waals surface area contributed by atoms with Crippen LogP contribution in [0.1, 0.15) is 0 Å². The van der Waals surface area contributed by atoms with Crippen molar-refractivity contribution in [2.24, 2.45) is 0 Å². The van der Waals surface area contributed by atoms with Crippen LogP contribution in [0.15, 0.2) is 128 Å². The molecule has 11 rings (SSSR count). The summed E-state index contributed by atoms with van der Waals surface area (Å²) in [5.41, 5.74) is 1.06. The minimum absolute atomic E-state index is 1.06. The molecule has 0 bridgehead atoms. The van der Waals surface area contributed by atoms with E-state index in [0.717, 1.165) is 5.52 Å². The number of benzene rings is 9. The fourth-order valence-corrected chi connectivity index (χ4v) is 9.43. The van der Waals surface area contributed by atoms with Gasteiger partial charge in [0.1, 0.15) is 0 Å². The van der Waals surface area contributed by atoms with Crippen molar-refractivity contribution in [1.82, 2.24) is 4.98 Å². The van der Waals surface area contributed by atoms with E-state index in [9.17, 15) is 0 Å². The summed E-state index contributed by atoms with van der Waals surface area (Å²) in [6.45, 7) is 0. The van der Waals surface area contributed by atoms with Gasteiger partial charge in [0.15, 0.2) is 0 Å². The Kier molecular flexibility index (Phi) is 4.02. The minimum atomic E-state index is 1.06. The Morgan fingerprint density at radius 1 is 0.349 bits per heavy atom. The number of pyridine rings is 1. The summed E-state index contributed by atoms with van der Waals surface area (Å²) in [4.78, 5) is 4.75. The molecular weight excluding hydrogens is 539 g/mol. The van der Waals surface area contributed by atoms with Crippen molar-refractivity contribution in [3.63, 3.8) is 0 Å². The molecule has 0 atom stereocenters. The predicted octanol–water partition coefficient (Wildman–Crippen LogP) is 12.1. The second-order valence-electron chi connectivity index (χ2n) is 11.8. The van der Waals surface area contributed by atoms with Gasteiger partial charge in [-0.2, -0.15) is 0 Å². The summed E-state index contributed by atoms with van der Waals surface area (Å²) in [6, 6.07) is 45.2. The largest absolute Gasteiger partial charge is 0.256 e. The normalized spacial score (nSPS) is 12.7. The van der Waals surface area contributed by atoms with E-state index in [4.69, 9.17) is 4.98 Å². The SMILES string of the molecule is c1ccc2c(c1)ccc1c2ccc2c1c1ccccc1c1sc3c4cccc5c6cccc7nccc(c(cc3c21)c54)c76. The number of rotatable bonds is 0. The van der Waals surface area contributed by atoms with Crippen LogP contribution < -0.4 is 0 Å². The second-order valence-corrected chi connectivity index (χ2v) is 12.8. The number of aromatic nitrogens is 1. The highest BCUT2D eigenvalue weighted by Gasteiger charge is 2.21. The van der Waals surface area contributed by atoms with Crippen molar-refractivity contribution in [2.45, 2.75) is 0 Å². The first-order valence-electron chi connectivity index (χ1n) is 14.8. The van der Waals surface area contributed by atoms with Gasteiger partial charge in [0.25, 0.3) is 0 Å². The summed E-state index contributed by atoms with van der Waals surface area (Å²) in [7, 11) is 0. The molecule has 2 heteroatoms. The van der Waals surface area contributed by atoms with Gasteiger partial charge in [-0.05, 0) is 82.8 Å². The van der Waals surface area contributed by atoms with Crippen molar-refractivity contribution < 1.29 is 0 Å². The Balaban J connectivity index is 1.44. The van der Waals surface area contributed by atoms with E-state index in [2.05, 4.69) is 121 Å². The average molecular weight is 560 g/mol. The van der Waals surface area contributed by atoms with Crippen molar-refractivity contribution >= 4 is 118 Å². The molecule has 0 amide bonds. The van der Waals surface area contributed by atoms with Crippen LogP contribution in [0.4, 0.5) is 0 Å². The third kappa shape index (κ3) is 2.67. The van der Waals surface area contributed by atoms with Crippen LogP contribution in [0.25, 0.3) is 106 Å². The molecule has 0 aliphatic rings. The Labute approximate surface area is 249 Å². The molecule has 2 heterocycles. The zero-order valence-corrected chi connectivity index (χ0v) is 23.8. The van der Waals surface area contributed by atoms with Crippen molar-refractivity contribution in [1.29, 1.82) is 0 Å². The van der Waals surface area contributed by atoms with E-state index >= 15 is 0 Å². The number of hydrogen-bond acceptors (Lipinski definition) is 2. The lowest BCUT2D eigenvalue weighted by Gasteiger charge is -2.15. The topological polar surface area (TPSA) is 12.9 Å². The summed E-state index contributed by atoms with van der Waals surface area (Å²) in [5, 5.41) is 22.5. The molecule has 0 spiro atoms. The maximum Gasteiger partial charge on any atom is 0.0714 e. The highest BCUT2D eigenvalue weighted by Crippen LogP contribution is 2.50. The molecule has 43 heavy (non-hydrogen) atoms. The fourth-order valence-electron chi connectivity index (χ4n) is 8.06. The maximum absolute atomic E-state index is 4.75. The van der Waals surface area contributed by atoms with Gasteiger partial charge >= 0.3 is 0 Å². The molecule has 1 nitrogen and oxygen atoms in total. The Morgan fingerprint density at radius 3 is 1.91 bits per heavy atom. The molecule has 2 aromatic heterocycles. The first-order valence-corrected chi connectivity index (χ1v) is 15.6. The van der Waals surface area contributed by atoms with Gasteiger partial charge in [0.05, 0.1) is 5.52 Å². The Bertz CT molecular complexity index is 3000. The van der Waals surface area contributed by atoms with Gasteiger partial charge < -0.3 is 0 Å². The summed E-state index contributed by atoms with van der Waals surface area (Å²) in [6.07, 6.45) is 1.97. The molecule has 0 saturated carbocycles. The quantitative estimate of drug-likeness (QED) is 0.133. The molecule has 9 aromatic carbocycles. The number of nitrogens with zero attached hydrogens (tertiary/aromatic N) is 1. The van der Waals surface area contributed by atoms with Crippen molar-refractivity contribution in [3.05, 3.63) is 128 Å². The lowest BCUT2D eigenvalue weighted by atomic mass is 9.88. The molecule has 0 fully saturated rings. The number of hydrogen-bond donors (Lipinski definition) is 0. The van der Waals surface area contributed by atoms with Gasteiger partial charge in [0, 0.05) is 42.5 Å². The zero-order chi connectivity index (χ0) is 27.8. The van der Waals surface area contributed by atoms with E-state index in [0.29, 0.717) is 0 Å². The van der Waals surface area contributed by atoms with Crippen LogP contribution in [0.2, 0.25) is 0 Å². The summed E-state index contributed by atoms with van der Waals surface area (Å²) >= 11 is 1.96. The van der Waals surface area contributed by atoms with Crippen LogP contribution in [0.5, 0.6) is 0 Å². The molecular formula is C41H21NS. The first kappa shape index (κ1) is 22.3. The van der Waals surface area contributed by atoms with E-state index in [-0.39, 0.29) is 0 Å². The van der Waals surface area contributed by atoms with Gasteiger partial charge in [-0.3, -0.25) is 4.98 Å². The van der Waals surface area contributed by atoms with Crippen molar-refractivity contribution in [2.75, 3.05) is 0 Å². The minimum Gasteiger partial charge on any atom is -0.256 e. The van der Waals surface area contributed by atoms with E-state index in [1.54, 1.807) is 0 Å². The van der Waals surface area contributed by atoms with Crippen LogP contribution in [0, 0.1) is 0 Å². The molecule has 0 unspecified atom stereocenters. The fraction of sp³-hybridized carbons (Fsp3) is 0. The standard InChI is InChI=1S/C41H21NS/c1-2-8-23-22(7-1)15-16-28-24(23)17-18-31-36(28)27-9-3-4-10-30(27)41-39(31)34-21-33-29-19-20-42-35-14-6-12-26(38(29)35)25-11-5-13-32(37(25)33)40(34)43-41/h1-21H. The van der Waals surface area contributed by atoms with E-state index < -0.39 is 0 Å². The van der Waals surface area contributed by atoms with Crippen LogP contribution in [-0.4, -0.2) is 4.98 Å². The monoisotopic (exact) mass is 559 g/mol. The third-order valence-corrected chi connectivity index (χ3v) is 11.1.